The number of sulfonamides is 1. The lowest BCUT2D eigenvalue weighted by atomic mass is 9.87. The number of nitrogens with zero attached hydrogens (tertiary/aromatic N) is 1. The molecule has 0 radical (unpaired) electrons. The highest BCUT2D eigenvalue weighted by Gasteiger charge is 2.50. The molecule has 0 bridgehead atoms. The average Bonchev–Trinajstić information content (AvgIpc) is 3.60. The molecule has 3 aromatic rings. The fourth-order valence-electron chi connectivity index (χ4n) is 5.30. The minimum atomic E-state index is -3.53. The van der Waals surface area contributed by atoms with Gasteiger partial charge in [-0.25, -0.2) is 8.42 Å². The smallest absolute Gasteiger partial charge is 0.243 e. The minimum Gasteiger partial charge on any atom is -0.454 e. The Labute approximate surface area is 225 Å². The molecular weight excluding hydrogens is 498 g/mol. The molecule has 1 heterocycles. The maximum atomic E-state index is 13.5. The van der Waals surface area contributed by atoms with E-state index in [1.165, 1.54) is 0 Å². The van der Waals surface area contributed by atoms with Crippen molar-refractivity contribution < 1.29 is 22.7 Å². The van der Waals surface area contributed by atoms with Crippen LogP contribution in [0.4, 0.5) is 0 Å². The molecule has 3 aromatic carbocycles. The van der Waals surface area contributed by atoms with Crippen LogP contribution >= 0.6 is 0 Å². The molecule has 0 unspecified atom stereocenters. The summed E-state index contributed by atoms with van der Waals surface area (Å²) in [6.45, 7) is 7.25. The van der Waals surface area contributed by atoms with Gasteiger partial charge in [0, 0.05) is 19.5 Å². The van der Waals surface area contributed by atoms with Crippen LogP contribution in [0.5, 0.6) is 11.5 Å². The average molecular weight is 534 g/mol. The van der Waals surface area contributed by atoms with E-state index in [9.17, 15) is 13.2 Å². The topological polar surface area (TPSA) is 72.9 Å². The summed E-state index contributed by atoms with van der Waals surface area (Å²) >= 11 is 0. The third-order valence-corrected chi connectivity index (χ3v) is 9.54. The molecule has 6 nitrogen and oxygen atoms in total. The van der Waals surface area contributed by atoms with Crippen LogP contribution in [0.1, 0.15) is 56.2 Å². The summed E-state index contributed by atoms with van der Waals surface area (Å²) in [7, 11) is -3.53. The van der Waals surface area contributed by atoms with E-state index in [0.717, 1.165) is 59.3 Å². The Hall–Kier alpha value is -3.16. The molecule has 0 spiro atoms. The molecule has 2 aliphatic rings. The molecule has 0 atom stereocenters. The van der Waals surface area contributed by atoms with Gasteiger partial charge in [0.1, 0.15) is 5.78 Å². The van der Waals surface area contributed by atoms with Crippen molar-refractivity contribution in [2.45, 2.75) is 63.2 Å². The maximum absolute atomic E-state index is 13.5. The first-order valence-electron chi connectivity index (χ1n) is 13.4. The van der Waals surface area contributed by atoms with Crippen LogP contribution in [-0.4, -0.2) is 38.4 Å². The van der Waals surface area contributed by atoms with Crippen LogP contribution in [0.2, 0.25) is 0 Å². The normalized spacial score (nSPS) is 15.6. The first kappa shape index (κ1) is 26.4. The largest absolute Gasteiger partial charge is 0.454 e. The van der Waals surface area contributed by atoms with Crippen molar-refractivity contribution >= 4 is 15.8 Å². The van der Waals surface area contributed by atoms with Crippen LogP contribution < -0.4 is 9.47 Å². The Morgan fingerprint density at radius 3 is 2.24 bits per heavy atom. The summed E-state index contributed by atoms with van der Waals surface area (Å²) < 4.78 is 38.8. The molecule has 0 aromatic heterocycles. The maximum Gasteiger partial charge on any atom is 0.243 e. The summed E-state index contributed by atoms with van der Waals surface area (Å²) in [5.74, 6) is 1.64. The summed E-state index contributed by atoms with van der Waals surface area (Å²) in [5, 5.41) is 0. The number of Topliss-reactive ketones (excluding diaryl/α,β-unsaturated/α-hetero) is 1. The number of hydrogen-bond donors (Lipinski definition) is 0. The lowest BCUT2D eigenvalue weighted by molar-refractivity contribution is -0.120. The molecule has 1 aliphatic carbocycles. The van der Waals surface area contributed by atoms with E-state index in [4.69, 9.17) is 9.47 Å². The molecule has 1 fully saturated rings. The van der Waals surface area contributed by atoms with E-state index in [1.54, 1.807) is 16.4 Å². The second-order valence-corrected chi connectivity index (χ2v) is 12.3. The lowest BCUT2D eigenvalue weighted by Crippen LogP contribution is -2.32. The number of benzene rings is 3. The van der Waals surface area contributed by atoms with Gasteiger partial charge in [-0.1, -0.05) is 50.2 Å². The Morgan fingerprint density at radius 1 is 0.895 bits per heavy atom. The molecule has 0 amide bonds. The quantitative estimate of drug-likeness (QED) is 0.300. The molecule has 0 saturated heterocycles. The zero-order valence-corrected chi connectivity index (χ0v) is 23.1. The molecule has 200 valence electrons. The standard InChI is InChI=1S/C31H35NO5S/c1-4-16-32(17-5-2)38(34,35)26-11-8-24(9-12-26)27-18-23(7-6-22(27)3)19-30(33)31(14-15-31)25-10-13-28-29(20-25)37-21-36-28/h6-13,18,20H,4-5,14-17,19,21H2,1-3H3. The molecule has 5 rings (SSSR count). The fraction of sp³-hybridized carbons (Fsp3) is 0.387. The Morgan fingerprint density at radius 2 is 1.58 bits per heavy atom. The van der Waals surface area contributed by atoms with Gasteiger partial charge in [-0.3, -0.25) is 4.79 Å². The van der Waals surface area contributed by atoms with E-state index >= 15 is 0 Å². The van der Waals surface area contributed by atoms with Gasteiger partial charge in [0.2, 0.25) is 16.8 Å². The zero-order chi connectivity index (χ0) is 26.9. The van der Waals surface area contributed by atoms with E-state index in [2.05, 4.69) is 6.07 Å². The van der Waals surface area contributed by atoms with E-state index in [-0.39, 0.29) is 12.6 Å². The lowest BCUT2D eigenvalue weighted by Gasteiger charge is -2.21. The predicted molar refractivity (Wildman–Crippen MR) is 148 cm³/mol. The SMILES string of the molecule is CCCN(CCC)S(=O)(=O)c1ccc(-c2cc(CC(=O)C3(c4ccc5c(c4)OCO5)CC3)ccc2C)cc1. The summed E-state index contributed by atoms with van der Waals surface area (Å²) in [5.41, 5.74) is 4.52. The Kier molecular flexibility index (Phi) is 7.34. The number of fused-ring (bicyclic) bond motifs is 1. The second kappa shape index (κ2) is 10.5. The number of carbonyl (C=O) groups excluding carboxylic acids is 1. The molecule has 7 heteroatoms. The highest BCUT2D eigenvalue weighted by molar-refractivity contribution is 7.89. The zero-order valence-electron chi connectivity index (χ0n) is 22.3. The van der Waals surface area contributed by atoms with Crippen molar-refractivity contribution in [2.24, 2.45) is 0 Å². The van der Waals surface area contributed by atoms with Crippen LogP contribution in [0.15, 0.2) is 65.6 Å². The van der Waals surface area contributed by atoms with Gasteiger partial charge >= 0.3 is 0 Å². The van der Waals surface area contributed by atoms with Crippen molar-refractivity contribution in [3.8, 4) is 22.6 Å². The third kappa shape index (κ3) is 4.97. The van der Waals surface area contributed by atoms with Gasteiger partial charge in [-0.05, 0) is 84.7 Å². The van der Waals surface area contributed by atoms with Crippen molar-refractivity contribution in [1.82, 2.24) is 4.31 Å². The fourth-order valence-corrected chi connectivity index (χ4v) is 6.92. The summed E-state index contributed by atoms with van der Waals surface area (Å²) in [4.78, 5) is 13.8. The van der Waals surface area contributed by atoms with Crippen molar-refractivity contribution in [2.75, 3.05) is 19.9 Å². The van der Waals surface area contributed by atoms with Gasteiger partial charge in [0.05, 0.1) is 10.3 Å². The molecule has 38 heavy (non-hydrogen) atoms. The van der Waals surface area contributed by atoms with Crippen LogP contribution in [0, 0.1) is 6.92 Å². The highest BCUT2D eigenvalue weighted by Crippen LogP contribution is 2.51. The molecule has 0 N–H and O–H groups in total. The van der Waals surface area contributed by atoms with E-state index < -0.39 is 15.4 Å². The highest BCUT2D eigenvalue weighted by atomic mass is 32.2. The number of hydrogen-bond acceptors (Lipinski definition) is 5. The van der Waals surface area contributed by atoms with Crippen LogP contribution in [-0.2, 0) is 26.7 Å². The number of ketones is 1. The molecular formula is C31H35NO5S. The summed E-state index contributed by atoms with van der Waals surface area (Å²) in [6, 6.07) is 19.1. The monoisotopic (exact) mass is 533 g/mol. The van der Waals surface area contributed by atoms with Crippen LogP contribution in [0.25, 0.3) is 11.1 Å². The van der Waals surface area contributed by atoms with Crippen LogP contribution in [0.3, 0.4) is 0 Å². The summed E-state index contributed by atoms with van der Waals surface area (Å²) in [6.07, 6.45) is 3.58. The predicted octanol–water partition coefficient (Wildman–Crippen LogP) is 6.04. The molecule has 1 aliphatic heterocycles. The Balaban J connectivity index is 1.36. The number of aryl methyl sites for hydroxylation is 1. The van der Waals surface area contributed by atoms with Gasteiger partial charge in [-0.15, -0.1) is 0 Å². The van der Waals surface area contributed by atoms with Gasteiger partial charge < -0.3 is 9.47 Å². The number of carbonyl (C=O) groups is 1. The first-order chi connectivity index (χ1) is 18.3. The molecule has 1 saturated carbocycles. The Bertz CT molecular complexity index is 1440. The number of rotatable bonds is 11. The van der Waals surface area contributed by atoms with Gasteiger partial charge in [-0.2, -0.15) is 4.31 Å². The third-order valence-electron chi connectivity index (χ3n) is 7.62. The van der Waals surface area contributed by atoms with Crippen molar-refractivity contribution in [1.29, 1.82) is 0 Å². The second-order valence-electron chi connectivity index (χ2n) is 10.3. The van der Waals surface area contributed by atoms with Gasteiger partial charge in [0.25, 0.3) is 0 Å². The number of ether oxygens (including phenoxy) is 2. The van der Waals surface area contributed by atoms with E-state index in [0.29, 0.717) is 30.2 Å². The van der Waals surface area contributed by atoms with Gasteiger partial charge in [0.15, 0.2) is 11.5 Å². The minimum absolute atomic E-state index is 0.208. The van der Waals surface area contributed by atoms with Crippen molar-refractivity contribution in [3.63, 3.8) is 0 Å². The van der Waals surface area contributed by atoms with E-state index in [1.807, 2.05) is 63.2 Å². The van der Waals surface area contributed by atoms with Crippen molar-refractivity contribution in [3.05, 3.63) is 77.4 Å². The first-order valence-corrected chi connectivity index (χ1v) is 14.9.